The molecule has 0 N–H and O–H groups in total. The maximum atomic E-state index is 13.2. The summed E-state index contributed by atoms with van der Waals surface area (Å²) < 4.78 is 31.9. The number of carbonyl (C=O) groups is 1. The van der Waals surface area contributed by atoms with Gasteiger partial charge in [0.2, 0.25) is 0 Å². The molecule has 1 aliphatic rings. The fraction of sp³-hybridized carbons (Fsp3) is 0.188. The van der Waals surface area contributed by atoms with Crippen LogP contribution < -0.4 is 4.74 Å². The zero-order chi connectivity index (χ0) is 14.3. The van der Waals surface area contributed by atoms with E-state index in [-0.39, 0.29) is 11.5 Å². The Balaban J connectivity index is 2.02. The lowest BCUT2D eigenvalue weighted by molar-refractivity contribution is 0.0994. The Kier molecular flexibility index (Phi) is 3.01. The maximum absolute atomic E-state index is 13.2. The van der Waals surface area contributed by atoms with Gasteiger partial charge < -0.3 is 4.74 Å². The highest BCUT2D eigenvalue weighted by molar-refractivity contribution is 6.02. The van der Waals surface area contributed by atoms with Gasteiger partial charge in [-0.25, -0.2) is 8.78 Å². The van der Waals surface area contributed by atoms with Crippen LogP contribution in [0.25, 0.3) is 0 Å². The zero-order valence-corrected chi connectivity index (χ0v) is 10.9. The molecule has 0 saturated carbocycles. The molecular formula is C16H12F2O2. The Morgan fingerprint density at radius 3 is 2.45 bits per heavy atom. The van der Waals surface area contributed by atoms with Crippen LogP contribution >= 0.6 is 0 Å². The molecule has 0 heterocycles. The van der Waals surface area contributed by atoms with Crippen LogP contribution in [0.4, 0.5) is 8.78 Å². The number of halogens is 2. The molecule has 0 radical (unpaired) electrons. The third kappa shape index (κ3) is 2.18. The van der Waals surface area contributed by atoms with Gasteiger partial charge in [0, 0.05) is 35.7 Å². The van der Waals surface area contributed by atoms with Crippen LogP contribution in [0.3, 0.4) is 0 Å². The van der Waals surface area contributed by atoms with E-state index < -0.39 is 11.6 Å². The predicted molar refractivity (Wildman–Crippen MR) is 70.3 cm³/mol. The number of hydrogen-bond donors (Lipinski definition) is 0. The number of fused-ring (bicyclic) bond motifs is 1. The first-order valence-corrected chi connectivity index (χ1v) is 6.34. The van der Waals surface area contributed by atoms with Gasteiger partial charge in [-0.05, 0) is 25.0 Å². The SMILES string of the molecule is Cc1ccc(Oc2cc(F)cc(F)c2)c2c1C(=O)CC2. The van der Waals surface area contributed by atoms with Gasteiger partial charge in [-0.1, -0.05) is 6.07 Å². The molecule has 4 heteroatoms. The van der Waals surface area contributed by atoms with Gasteiger partial charge in [-0.15, -0.1) is 0 Å². The molecule has 1 aliphatic carbocycles. The summed E-state index contributed by atoms with van der Waals surface area (Å²) in [5, 5.41) is 0. The normalized spacial score (nSPS) is 13.4. The highest BCUT2D eigenvalue weighted by atomic mass is 19.1. The fourth-order valence-electron chi connectivity index (χ4n) is 2.56. The molecule has 2 nitrogen and oxygen atoms in total. The van der Waals surface area contributed by atoms with E-state index in [1.807, 2.05) is 6.92 Å². The lowest BCUT2D eigenvalue weighted by atomic mass is 10.0. The quantitative estimate of drug-likeness (QED) is 0.820. The van der Waals surface area contributed by atoms with Crippen molar-refractivity contribution in [2.45, 2.75) is 19.8 Å². The molecule has 2 aromatic carbocycles. The van der Waals surface area contributed by atoms with E-state index in [0.29, 0.717) is 24.2 Å². The molecule has 20 heavy (non-hydrogen) atoms. The van der Waals surface area contributed by atoms with Crippen LogP contribution in [0.5, 0.6) is 11.5 Å². The Labute approximate surface area is 115 Å². The third-order valence-electron chi connectivity index (χ3n) is 3.42. The number of aryl methyl sites for hydroxylation is 1. The average Bonchev–Trinajstić information content (AvgIpc) is 2.75. The summed E-state index contributed by atoms with van der Waals surface area (Å²) in [6.07, 6.45) is 1.05. The average molecular weight is 274 g/mol. The van der Waals surface area contributed by atoms with Crippen LogP contribution in [-0.2, 0) is 6.42 Å². The summed E-state index contributed by atoms with van der Waals surface area (Å²) in [4.78, 5) is 11.8. The second-order valence-electron chi connectivity index (χ2n) is 4.86. The Morgan fingerprint density at radius 1 is 1.05 bits per heavy atom. The standard InChI is InChI=1S/C16H12F2O2/c1-9-2-5-15(13-3-4-14(19)16(9)13)20-12-7-10(17)6-11(18)8-12/h2,5-8H,3-4H2,1H3. The predicted octanol–water partition coefficient (Wildman–Crippen LogP) is 4.19. The third-order valence-corrected chi connectivity index (χ3v) is 3.42. The number of benzene rings is 2. The summed E-state index contributed by atoms with van der Waals surface area (Å²) in [7, 11) is 0. The first-order valence-electron chi connectivity index (χ1n) is 6.34. The number of ether oxygens (including phenoxy) is 1. The largest absolute Gasteiger partial charge is 0.457 e. The summed E-state index contributed by atoms with van der Waals surface area (Å²) in [5.41, 5.74) is 2.40. The Hall–Kier alpha value is -2.23. The topological polar surface area (TPSA) is 26.3 Å². The highest BCUT2D eigenvalue weighted by Crippen LogP contribution is 2.35. The molecule has 0 bridgehead atoms. The van der Waals surface area contributed by atoms with E-state index in [1.54, 1.807) is 12.1 Å². The van der Waals surface area contributed by atoms with Gasteiger partial charge in [0.25, 0.3) is 0 Å². The minimum absolute atomic E-state index is 0.0907. The first kappa shape index (κ1) is 12.8. The molecule has 102 valence electrons. The van der Waals surface area contributed by atoms with Gasteiger partial charge in [0.05, 0.1) is 0 Å². The van der Waals surface area contributed by atoms with Crippen molar-refractivity contribution in [3.63, 3.8) is 0 Å². The van der Waals surface area contributed by atoms with Crippen molar-refractivity contribution in [1.82, 2.24) is 0 Å². The molecule has 0 saturated heterocycles. The second-order valence-corrected chi connectivity index (χ2v) is 4.86. The van der Waals surface area contributed by atoms with Crippen molar-refractivity contribution >= 4 is 5.78 Å². The van der Waals surface area contributed by atoms with Crippen LogP contribution in [0.2, 0.25) is 0 Å². The first-order chi connectivity index (χ1) is 9.54. The monoisotopic (exact) mass is 274 g/mol. The van der Waals surface area contributed by atoms with E-state index >= 15 is 0 Å². The van der Waals surface area contributed by atoms with Crippen LogP contribution in [0, 0.1) is 18.6 Å². The minimum Gasteiger partial charge on any atom is -0.457 e. The number of carbonyl (C=O) groups excluding carboxylic acids is 1. The lowest BCUT2D eigenvalue weighted by Crippen LogP contribution is -1.97. The molecule has 0 atom stereocenters. The molecule has 0 aliphatic heterocycles. The van der Waals surface area contributed by atoms with Crippen molar-refractivity contribution in [3.8, 4) is 11.5 Å². The number of Topliss-reactive ketones (excluding diaryl/α,β-unsaturated/α-hetero) is 1. The van der Waals surface area contributed by atoms with E-state index in [9.17, 15) is 13.6 Å². The van der Waals surface area contributed by atoms with Crippen molar-refractivity contribution < 1.29 is 18.3 Å². The molecular weight excluding hydrogens is 262 g/mol. The van der Waals surface area contributed by atoms with Crippen LogP contribution in [0.1, 0.15) is 27.9 Å². The van der Waals surface area contributed by atoms with E-state index in [1.165, 1.54) is 0 Å². The lowest BCUT2D eigenvalue weighted by Gasteiger charge is -2.11. The number of hydrogen-bond acceptors (Lipinski definition) is 2. The second kappa shape index (κ2) is 4.71. The minimum atomic E-state index is -0.695. The van der Waals surface area contributed by atoms with Gasteiger partial charge in [-0.2, -0.15) is 0 Å². The van der Waals surface area contributed by atoms with Crippen LogP contribution in [-0.4, -0.2) is 5.78 Å². The van der Waals surface area contributed by atoms with E-state index in [2.05, 4.69) is 0 Å². The molecule has 0 unspecified atom stereocenters. The summed E-state index contributed by atoms with van der Waals surface area (Å²) in [6.45, 7) is 1.87. The number of rotatable bonds is 2. The maximum Gasteiger partial charge on any atom is 0.163 e. The molecule has 0 spiro atoms. The summed E-state index contributed by atoms with van der Waals surface area (Å²) in [6, 6.07) is 6.54. The van der Waals surface area contributed by atoms with Crippen LogP contribution in [0.15, 0.2) is 30.3 Å². The Morgan fingerprint density at radius 2 is 1.75 bits per heavy atom. The van der Waals surface area contributed by atoms with Gasteiger partial charge in [0.1, 0.15) is 23.1 Å². The molecule has 0 fully saturated rings. The summed E-state index contributed by atoms with van der Waals surface area (Å²) in [5.74, 6) is -0.720. The van der Waals surface area contributed by atoms with Gasteiger partial charge in [-0.3, -0.25) is 4.79 Å². The Bertz CT molecular complexity index is 688. The molecule has 0 aromatic heterocycles. The molecule has 2 aromatic rings. The van der Waals surface area contributed by atoms with Crippen molar-refractivity contribution in [2.24, 2.45) is 0 Å². The molecule has 0 amide bonds. The van der Waals surface area contributed by atoms with Crippen molar-refractivity contribution in [1.29, 1.82) is 0 Å². The van der Waals surface area contributed by atoms with Gasteiger partial charge >= 0.3 is 0 Å². The van der Waals surface area contributed by atoms with E-state index in [4.69, 9.17) is 4.74 Å². The van der Waals surface area contributed by atoms with Crippen molar-refractivity contribution in [2.75, 3.05) is 0 Å². The van der Waals surface area contributed by atoms with Crippen molar-refractivity contribution in [3.05, 3.63) is 58.7 Å². The smallest absolute Gasteiger partial charge is 0.163 e. The van der Waals surface area contributed by atoms with E-state index in [0.717, 1.165) is 29.3 Å². The molecule has 3 rings (SSSR count). The summed E-state index contributed by atoms with van der Waals surface area (Å²) >= 11 is 0. The van der Waals surface area contributed by atoms with Gasteiger partial charge in [0.15, 0.2) is 5.78 Å². The number of ketones is 1. The fourth-order valence-corrected chi connectivity index (χ4v) is 2.56. The zero-order valence-electron chi connectivity index (χ0n) is 10.9. The highest BCUT2D eigenvalue weighted by Gasteiger charge is 2.25.